The van der Waals surface area contributed by atoms with E-state index in [2.05, 4.69) is 35.9 Å². The van der Waals surface area contributed by atoms with Crippen LogP contribution in [0.15, 0.2) is 24.3 Å². The maximum atomic E-state index is 12.3. The number of amides is 2. The molecule has 1 atom stereocenters. The molecule has 3 rings (SSSR count). The minimum atomic E-state index is -0.0812. The molecule has 1 saturated carbocycles. The van der Waals surface area contributed by atoms with E-state index in [4.69, 9.17) is 4.74 Å². The molecule has 3 N–H and O–H groups in total. The molecule has 0 unspecified atom stereocenters. The Bertz CT molecular complexity index is 582. The molecule has 1 aromatic rings. The molecule has 1 aliphatic heterocycles. The Morgan fingerprint density at radius 1 is 1.32 bits per heavy atom. The summed E-state index contributed by atoms with van der Waals surface area (Å²) in [5.74, 6) is 0. The van der Waals surface area contributed by atoms with E-state index in [1.54, 1.807) is 0 Å². The Hall–Kier alpha value is -1.75. The molecule has 1 spiro atoms. The van der Waals surface area contributed by atoms with E-state index in [0.29, 0.717) is 12.6 Å². The van der Waals surface area contributed by atoms with Crippen molar-refractivity contribution in [1.29, 1.82) is 0 Å². The SMILES string of the molecule is CC(C)Nc1cccc(CNC(=O)N[C@@H]2CCOC3(CCCC3)C2)c1. The fourth-order valence-corrected chi connectivity index (χ4v) is 4.04. The van der Waals surface area contributed by atoms with Gasteiger partial charge in [-0.05, 0) is 57.2 Å². The summed E-state index contributed by atoms with van der Waals surface area (Å²) in [6.45, 7) is 5.52. The van der Waals surface area contributed by atoms with Crippen LogP contribution >= 0.6 is 0 Å². The number of benzene rings is 1. The number of ether oxygens (including phenoxy) is 1. The minimum absolute atomic E-state index is 0.0348. The standard InChI is InChI=1S/C20H31N3O2/c1-15(2)22-17-7-5-6-16(12-17)14-21-19(24)23-18-8-11-25-20(13-18)9-3-4-10-20/h5-7,12,15,18,22H,3-4,8-11,13-14H2,1-2H3,(H2,21,23,24)/t18-/m1/s1. The first-order chi connectivity index (χ1) is 12.0. The van der Waals surface area contributed by atoms with Gasteiger partial charge in [0.05, 0.1) is 5.60 Å². The third-order valence-electron chi connectivity index (χ3n) is 5.18. The summed E-state index contributed by atoms with van der Waals surface area (Å²) >= 11 is 0. The van der Waals surface area contributed by atoms with E-state index in [0.717, 1.165) is 43.5 Å². The molecule has 5 heteroatoms. The van der Waals surface area contributed by atoms with Crippen LogP contribution in [0.25, 0.3) is 0 Å². The van der Waals surface area contributed by atoms with Crippen LogP contribution in [0.1, 0.15) is 57.9 Å². The van der Waals surface area contributed by atoms with Gasteiger partial charge in [0.2, 0.25) is 0 Å². The molecule has 1 heterocycles. The minimum Gasteiger partial charge on any atom is -0.383 e. The Morgan fingerprint density at radius 2 is 2.12 bits per heavy atom. The highest BCUT2D eigenvalue weighted by Gasteiger charge is 2.40. The highest BCUT2D eigenvalue weighted by atomic mass is 16.5. The quantitative estimate of drug-likeness (QED) is 0.761. The van der Waals surface area contributed by atoms with Gasteiger partial charge >= 0.3 is 6.03 Å². The second-order valence-electron chi connectivity index (χ2n) is 7.75. The predicted molar refractivity (Wildman–Crippen MR) is 101 cm³/mol. The van der Waals surface area contributed by atoms with Crippen LogP contribution in [-0.4, -0.2) is 30.3 Å². The number of hydrogen-bond acceptors (Lipinski definition) is 3. The van der Waals surface area contributed by atoms with Crippen LogP contribution in [0.5, 0.6) is 0 Å². The van der Waals surface area contributed by atoms with Crippen LogP contribution < -0.4 is 16.0 Å². The smallest absolute Gasteiger partial charge is 0.315 e. The molecule has 2 aliphatic rings. The third kappa shape index (κ3) is 5.11. The van der Waals surface area contributed by atoms with Gasteiger partial charge in [0, 0.05) is 30.9 Å². The lowest BCUT2D eigenvalue weighted by atomic mass is 9.89. The molecule has 2 amide bonds. The molecular formula is C20H31N3O2. The largest absolute Gasteiger partial charge is 0.383 e. The zero-order chi connectivity index (χ0) is 17.7. The third-order valence-corrected chi connectivity index (χ3v) is 5.18. The molecule has 25 heavy (non-hydrogen) atoms. The van der Waals surface area contributed by atoms with Crippen LogP contribution in [0.3, 0.4) is 0 Å². The van der Waals surface area contributed by atoms with Gasteiger partial charge in [-0.25, -0.2) is 4.79 Å². The van der Waals surface area contributed by atoms with Crippen molar-refractivity contribution in [3.05, 3.63) is 29.8 Å². The Balaban J connectivity index is 1.46. The first-order valence-corrected chi connectivity index (χ1v) is 9.58. The van der Waals surface area contributed by atoms with Gasteiger partial charge in [0.25, 0.3) is 0 Å². The number of urea groups is 1. The molecule has 1 saturated heterocycles. The van der Waals surface area contributed by atoms with Crippen LogP contribution in [0.2, 0.25) is 0 Å². The van der Waals surface area contributed by atoms with Crippen LogP contribution in [0.4, 0.5) is 10.5 Å². The van der Waals surface area contributed by atoms with Gasteiger partial charge < -0.3 is 20.7 Å². The number of nitrogens with one attached hydrogen (secondary N) is 3. The van der Waals surface area contributed by atoms with E-state index in [-0.39, 0.29) is 17.7 Å². The van der Waals surface area contributed by atoms with Crippen molar-refractivity contribution >= 4 is 11.7 Å². The lowest BCUT2D eigenvalue weighted by Gasteiger charge is -2.38. The van der Waals surface area contributed by atoms with Crippen molar-refractivity contribution in [3.8, 4) is 0 Å². The highest BCUT2D eigenvalue weighted by Crippen LogP contribution is 2.39. The summed E-state index contributed by atoms with van der Waals surface area (Å²) in [5, 5.41) is 9.51. The zero-order valence-electron chi connectivity index (χ0n) is 15.4. The monoisotopic (exact) mass is 345 g/mol. The van der Waals surface area contributed by atoms with Gasteiger partial charge in [-0.2, -0.15) is 0 Å². The summed E-state index contributed by atoms with van der Waals surface area (Å²) < 4.78 is 6.03. The Kier molecular flexibility index (Phi) is 5.84. The topological polar surface area (TPSA) is 62.4 Å². The molecule has 138 valence electrons. The van der Waals surface area contributed by atoms with Gasteiger partial charge in [0.15, 0.2) is 0 Å². The number of carbonyl (C=O) groups is 1. The zero-order valence-corrected chi connectivity index (χ0v) is 15.4. The van der Waals surface area contributed by atoms with E-state index < -0.39 is 0 Å². The molecule has 1 aliphatic carbocycles. The lowest BCUT2D eigenvalue weighted by molar-refractivity contribution is -0.0820. The maximum Gasteiger partial charge on any atom is 0.315 e. The van der Waals surface area contributed by atoms with E-state index in [9.17, 15) is 4.79 Å². The summed E-state index contributed by atoms with van der Waals surface area (Å²) in [6.07, 6.45) is 6.64. The normalized spacial score (nSPS) is 22.1. The second-order valence-corrected chi connectivity index (χ2v) is 7.75. The molecule has 0 aromatic heterocycles. The Labute approximate surface area is 150 Å². The van der Waals surface area contributed by atoms with E-state index in [1.165, 1.54) is 12.8 Å². The van der Waals surface area contributed by atoms with Gasteiger partial charge in [-0.1, -0.05) is 25.0 Å². The van der Waals surface area contributed by atoms with Crippen LogP contribution in [0, 0.1) is 0 Å². The molecule has 5 nitrogen and oxygen atoms in total. The molecule has 1 aromatic carbocycles. The Morgan fingerprint density at radius 3 is 2.88 bits per heavy atom. The van der Waals surface area contributed by atoms with E-state index in [1.807, 2.05) is 18.2 Å². The van der Waals surface area contributed by atoms with Crippen molar-refractivity contribution in [3.63, 3.8) is 0 Å². The van der Waals surface area contributed by atoms with Crippen molar-refractivity contribution in [1.82, 2.24) is 10.6 Å². The average Bonchev–Trinajstić information content (AvgIpc) is 3.00. The van der Waals surface area contributed by atoms with Crippen molar-refractivity contribution < 1.29 is 9.53 Å². The molecule has 0 radical (unpaired) electrons. The number of rotatable bonds is 5. The summed E-state index contributed by atoms with van der Waals surface area (Å²) in [4.78, 5) is 12.3. The predicted octanol–water partition coefficient (Wildman–Crippen LogP) is 3.80. The van der Waals surface area contributed by atoms with Crippen molar-refractivity contribution in [2.75, 3.05) is 11.9 Å². The van der Waals surface area contributed by atoms with Crippen LogP contribution in [-0.2, 0) is 11.3 Å². The van der Waals surface area contributed by atoms with Gasteiger partial charge in [-0.15, -0.1) is 0 Å². The summed E-state index contributed by atoms with van der Waals surface area (Å²) in [6, 6.07) is 8.72. The van der Waals surface area contributed by atoms with E-state index >= 15 is 0 Å². The number of anilines is 1. The first-order valence-electron chi connectivity index (χ1n) is 9.58. The van der Waals surface area contributed by atoms with Crippen molar-refractivity contribution in [2.45, 2.75) is 76.6 Å². The van der Waals surface area contributed by atoms with Gasteiger partial charge in [-0.3, -0.25) is 0 Å². The highest BCUT2D eigenvalue weighted by molar-refractivity contribution is 5.74. The maximum absolute atomic E-state index is 12.3. The number of hydrogen-bond donors (Lipinski definition) is 3. The summed E-state index contributed by atoms with van der Waals surface area (Å²) in [5.41, 5.74) is 2.22. The first kappa shape index (κ1) is 18.1. The molecule has 2 fully saturated rings. The molecule has 0 bridgehead atoms. The fraction of sp³-hybridized carbons (Fsp3) is 0.650. The second kappa shape index (κ2) is 8.09. The lowest BCUT2D eigenvalue weighted by Crippen LogP contribution is -2.49. The van der Waals surface area contributed by atoms with Crippen molar-refractivity contribution in [2.24, 2.45) is 0 Å². The van der Waals surface area contributed by atoms with Gasteiger partial charge in [0.1, 0.15) is 0 Å². The number of carbonyl (C=O) groups excluding carboxylic acids is 1. The summed E-state index contributed by atoms with van der Waals surface area (Å²) in [7, 11) is 0. The average molecular weight is 345 g/mol. The fourth-order valence-electron chi connectivity index (χ4n) is 4.04. The molecular weight excluding hydrogens is 314 g/mol.